The van der Waals surface area contributed by atoms with Crippen molar-refractivity contribution < 1.29 is 14.6 Å². The van der Waals surface area contributed by atoms with E-state index in [-0.39, 0.29) is 11.9 Å². The van der Waals surface area contributed by atoms with Gasteiger partial charge in [0.25, 0.3) is 0 Å². The number of nitrogens with one attached hydrogen (secondary N) is 1. The monoisotopic (exact) mass is 267 g/mol. The molecule has 1 amide bonds. The van der Waals surface area contributed by atoms with Crippen LogP contribution < -0.4 is 5.32 Å². The van der Waals surface area contributed by atoms with Gasteiger partial charge in [-0.15, -0.1) is 0 Å². The predicted molar refractivity (Wildman–Crippen MR) is 69.6 cm³/mol. The Morgan fingerprint density at radius 2 is 2.53 bits per heavy atom. The van der Waals surface area contributed by atoms with Crippen molar-refractivity contribution in [1.82, 2.24) is 14.9 Å². The second kappa shape index (κ2) is 6.68. The molecule has 2 N–H and O–H groups in total. The number of hydrogen-bond acceptors (Lipinski definition) is 4. The largest absolute Gasteiger partial charge is 0.391 e. The third-order valence-electron chi connectivity index (χ3n) is 3.36. The van der Waals surface area contributed by atoms with Crippen LogP contribution in [0.2, 0.25) is 0 Å². The minimum atomic E-state index is -0.503. The molecule has 2 heterocycles. The Morgan fingerprint density at radius 3 is 3.26 bits per heavy atom. The number of hydrogen-bond donors (Lipinski definition) is 2. The lowest BCUT2D eigenvalue weighted by atomic mass is 10.1. The van der Waals surface area contributed by atoms with Gasteiger partial charge in [0.2, 0.25) is 5.91 Å². The fourth-order valence-corrected chi connectivity index (χ4v) is 2.22. The first kappa shape index (κ1) is 14.0. The molecule has 0 radical (unpaired) electrons. The molecule has 0 bridgehead atoms. The third kappa shape index (κ3) is 3.78. The van der Waals surface area contributed by atoms with Crippen LogP contribution in [0.1, 0.15) is 25.6 Å². The quantitative estimate of drug-likeness (QED) is 0.793. The molecule has 1 aliphatic rings. The highest BCUT2D eigenvalue weighted by Gasteiger charge is 2.24. The summed E-state index contributed by atoms with van der Waals surface area (Å²) in [4.78, 5) is 16.1. The Balaban J connectivity index is 1.78. The number of aryl methyl sites for hydroxylation is 2. The van der Waals surface area contributed by atoms with Crippen LogP contribution in [0.5, 0.6) is 0 Å². The summed E-state index contributed by atoms with van der Waals surface area (Å²) in [5.74, 6) is 0.916. The molecule has 0 unspecified atom stereocenters. The Morgan fingerprint density at radius 1 is 1.68 bits per heavy atom. The molecular formula is C13H21N3O3. The summed E-state index contributed by atoms with van der Waals surface area (Å²) in [6, 6.07) is -0.283. The van der Waals surface area contributed by atoms with Crippen molar-refractivity contribution >= 4 is 5.91 Å². The van der Waals surface area contributed by atoms with Crippen LogP contribution in [0.25, 0.3) is 0 Å². The van der Waals surface area contributed by atoms with Gasteiger partial charge in [0.15, 0.2) is 0 Å². The van der Waals surface area contributed by atoms with Crippen molar-refractivity contribution in [2.45, 2.75) is 44.9 Å². The SMILES string of the molecule is CCc1nccn1CCC(=O)N[C@@H]1COCC[C@H]1O. The number of aromatic nitrogens is 2. The fraction of sp³-hybridized carbons (Fsp3) is 0.692. The van der Waals surface area contributed by atoms with Crippen LogP contribution in [-0.4, -0.2) is 45.9 Å². The number of aliphatic hydroxyl groups is 1. The number of aliphatic hydroxyl groups excluding tert-OH is 1. The highest BCUT2D eigenvalue weighted by atomic mass is 16.5. The van der Waals surface area contributed by atoms with Gasteiger partial charge in [0, 0.05) is 38.4 Å². The Kier molecular flexibility index (Phi) is 4.93. The third-order valence-corrected chi connectivity index (χ3v) is 3.36. The maximum atomic E-state index is 11.8. The first-order valence-electron chi connectivity index (χ1n) is 6.76. The zero-order valence-electron chi connectivity index (χ0n) is 11.2. The van der Waals surface area contributed by atoms with Crippen LogP contribution >= 0.6 is 0 Å². The molecule has 106 valence electrons. The van der Waals surface area contributed by atoms with E-state index in [2.05, 4.69) is 10.3 Å². The van der Waals surface area contributed by atoms with Crippen LogP contribution in [-0.2, 0) is 22.5 Å². The van der Waals surface area contributed by atoms with Gasteiger partial charge in [0.1, 0.15) is 5.82 Å². The molecule has 2 rings (SSSR count). The summed E-state index contributed by atoms with van der Waals surface area (Å²) in [5.41, 5.74) is 0. The zero-order valence-corrected chi connectivity index (χ0v) is 11.2. The molecule has 1 saturated heterocycles. The average molecular weight is 267 g/mol. The average Bonchev–Trinajstić information content (AvgIpc) is 2.86. The van der Waals surface area contributed by atoms with Gasteiger partial charge in [-0.1, -0.05) is 6.92 Å². The molecule has 0 aromatic carbocycles. The van der Waals surface area contributed by atoms with E-state index in [1.54, 1.807) is 6.20 Å². The van der Waals surface area contributed by atoms with Crippen molar-refractivity contribution in [3.63, 3.8) is 0 Å². The Labute approximate surface area is 112 Å². The van der Waals surface area contributed by atoms with Gasteiger partial charge in [-0.05, 0) is 6.42 Å². The molecule has 19 heavy (non-hydrogen) atoms. The smallest absolute Gasteiger partial charge is 0.222 e. The van der Waals surface area contributed by atoms with E-state index >= 15 is 0 Å². The number of rotatable bonds is 5. The summed E-state index contributed by atoms with van der Waals surface area (Å²) >= 11 is 0. The number of ether oxygens (including phenoxy) is 1. The second-order valence-electron chi connectivity index (χ2n) is 4.75. The van der Waals surface area contributed by atoms with E-state index in [9.17, 15) is 9.90 Å². The van der Waals surface area contributed by atoms with E-state index in [0.717, 1.165) is 12.2 Å². The van der Waals surface area contributed by atoms with E-state index < -0.39 is 6.10 Å². The van der Waals surface area contributed by atoms with E-state index in [0.29, 0.717) is 32.6 Å². The summed E-state index contributed by atoms with van der Waals surface area (Å²) in [5, 5.41) is 12.6. The minimum Gasteiger partial charge on any atom is -0.391 e. The summed E-state index contributed by atoms with van der Waals surface area (Å²) in [6.45, 7) is 3.59. The van der Waals surface area contributed by atoms with Gasteiger partial charge in [-0.2, -0.15) is 0 Å². The maximum absolute atomic E-state index is 11.8. The number of carbonyl (C=O) groups excluding carboxylic acids is 1. The lowest BCUT2D eigenvalue weighted by Gasteiger charge is -2.28. The van der Waals surface area contributed by atoms with Crippen LogP contribution in [0, 0.1) is 0 Å². The fourth-order valence-electron chi connectivity index (χ4n) is 2.22. The molecule has 0 saturated carbocycles. The second-order valence-corrected chi connectivity index (χ2v) is 4.75. The molecule has 0 aliphatic carbocycles. The van der Waals surface area contributed by atoms with E-state index in [4.69, 9.17) is 4.74 Å². The van der Waals surface area contributed by atoms with E-state index in [1.165, 1.54) is 0 Å². The number of amides is 1. The molecule has 1 aromatic heterocycles. The zero-order chi connectivity index (χ0) is 13.7. The summed E-state index contributed by atoms with van der Waals surface area (Å²) in [6.07, 6.45) is 4.93. The van der Waals surface area contributed by atoms with Gasteiger partial charge >= 0.3 is 0 Å². The molecular weight excluding hydrogens is 246 g/mol. The standard InChI is InChI=1S/C13H21N3O3/c1-2-12-14-5-7-16(12)6-3-13(18)15-10-9-19-8-4-11(10)17/h5,7,10-11,17H,2-4,6,8-9H2,1H3,(H,15,18)/t10-,11-/m1/s1. The highest BCUT2D eigenvalue weighted by molar-refractivity contribution is 5.76. The highest BCUT2D eigenvalue weighted by Crippen LogP contribution is 2.08. The molecule has 6 nitrogen and oxygen atoms in total. The first-order valence-corrected chi connectivity index (χ1v) is 6.76. The first-order chi connectivity index (χ1) is 9.20. The van der Waals surface area contributed by atoms with Crippen molar-refractivity contribution in [1.29, 1.82) is 0 Å². The Bertz CT molecular complexity index is 419. The summed E-state index contributed by atoms with van der Waals surface area (Å²) in [7, 11) is 0. The molecule has 6 heteroatoms. The predicted octanol–water partition coefficient (Wildman–Crippen LogP) is 0.102. The lowest BCUT2D eigenvalue weighted by Crippen LogP contribution is -2.49. The summed E-state index contributed by atoms with van der Waals surface area (Å²) < 4.78 is 7.23. The van der Waals surface area contributed by atoms with Gasteiger partial charge < -0.3 is 19.7 Å². The van der Waals surface area contributed by atoms with Crippen LogP contribution in [0.15, 0.2) is 12.4 Å². The molecule has 1 aromatic rings. The number of carbonyl (C=O) groups is 1. The Hall–Kier alpha value is -1.40. The van der Waals surface area contributed by atoms with Gasteiger partial charge in [0.05, 0.1) is 18.8 Å². The van der Waals surface area contributed by atoms with Crippen LogP contribution in [0.3, 0.4) is 0 Å². The van der Waals surface area contributed by atoms with E-state index in [1.807, 2.05) is 17.7 Å². The van der Waals surface area contributed by atoms with Crippen molar-refractivity contribution in [3.05, 3.63) is 18.2 Å². The van der Waals surface area contributed by atoms with Crippen molar-refractivity contribution in [2.75, 3.05) is 13.2 Å². The maximum Gasteiger partial charge on any atom is 0.222 e. The van der Waals surface area contributed by atoms with Crippen molar-refractivity contribution in [3.8, 4) is 0 Å². The molecule has 1 fully saturated rings. The van der Waals surface area contributed by atoms with Gasteiger partial charge in [-0.3, -0.25) is 4.79 Å². The minimum absolute atomic E-state index is 0.0645. The lowest BCUT2D eigenvalue weighted by molar-refractivity contribution is -0.124. The molecule has 1 aliphatic heterocycles. The van der Waals surface area contributed by atoms with Crippen LogP contribution in [0.4, 0.5) is 0 Å². The van der Waals surface area contributed by atoms with Crippen molar-refractivity contribution in [2.24, 2.45) is 0 Å². The topological polar surface area (TPSA) is 76.4 Å². The van der Waals surface area contributed by atoms with Gasteiger partial charge in [-0.25, -0.2) is 4.98 Å². The molecule has 0 spiro atoms. The number of imidazole rings is 1. The number of nitrogens with zero attached hydrogens (tertiary/aromatic N) is 2. The normalized spacial score (nSPS) is 23.3. The molecule has 2 atom stereocenters.